The number of rotatable bonds is 5. The summed E-state index contributed by atoms with van der Waals surface area (Å²) in [5, 5.41) is 13.8. The Morgan fingerprint density at radius 3 is 2.53 bits per heavy atom. The number of esters is 1. The van der Waals surface area contributed by atoms with E-state index in [1.54, 1.807) is 6.07 Å². The molecule has 1 aromatic carbocycles. The molecule has 0 radical (unpaired) electrons. The van der Waals surface area contributed by atoms with Gasteiger partial charge in [-0.1, -0.05) is 19.9 Å². The van der Waals surface area contributed by atoms with E-state index in [0.29, 0.717) is 5.69 Å². The fourth-order valence-corrected chi connectivity index (χ4v) is 1.67. The molecule has 0 heterocycles. The first-order chi connectivity index (χ1) is 8.86. The number of carbonyl (C=O) groups is 1. The molecule has 104 valence electrons. The van der Waals surface area contributed by atoms with Gasteiger partial charge in [0.25, 0.3) is 5.69 Å². The molecule has 1 N–H and O–H groups in total. The van der Waals surface area contributed by atoms with Gasteiger partial charge in [0.05, 0.1) is 12.0 Å². The summed E-state index contributed by atoms with van der Waals surface area (Å²) in [6.07, 6.45) is 0. The van der Waals surface area contributed by atoms with Crippen molar-refractivity contribution in [3.8, 4) is 0 Å². The van der Waals surface area contributed by atoms with Crippen LogP contribution in [0.4, 0.5) is 11.4 Å². The minimum absolute atomic E-state index is 0.00566. The Labute approximate surface area is 111 Å². The first-order valence-corrected chi connectivity index (χ1v) is 5.96. The van der Waals surface area contributed by atoms with Crippen molar-refractivity contribution in [3.63, 3.8) is 0 Å². The van der Waals surface area contributed by atoms with E-state index in [0.717, 1.165) is 5.56 Å². The van der Waals surface area contributed by atoms with Crippen LogP contribution in [-0.2, 0) is 9.53 Å². The van der Waals surface area contributed by atoms with E-state index in [1.165, 1.54) is 19.2 Å². The van der Waals surface area contributed by atoms with Gasteiger partial charge in [0.1, 0.15) is 6.04 Å². The maximum Gasteiger partial charge on any atom is 0.328 e. The molecule has 0 aliphatic carbocycles. The van der Waals surface area contributed by atoms with E-state index in [9.17, 15) is 14.9 Å². The molecule has 6 heteroatoms. The maximum absolute atomic E-state index is 11.7. The molecule has 1 aromatic rings. The summed E-state index contributed by atoms with van der Waals surface area (Å²) >= 11 is 0. The van der Waals surface area contributed by atoms with Crippen LogP contribution < -0.4 is 5.32 Å². The molecule has 1 rings (SSSR count). The van der Waals surface area contributed by atoms with Gasteiger partial charge in [0.15, 0.2) is 0 Å². The summed E-state index contributed by atoms with van der Waals surface area (Å²) in [5.41, 5.74) is 1.39. The highest BCUT2D eigenvalue weighted by Crippen LogP contribution is 2.24. The first kappa shape index (κ1) is 14.9. The quantitative estimate of drug-likeness (QED) is 0.503. The van der Waals surface area contributed by atoms with Gasteiger partial charge >= 0.3 is 5.97 Å². The number of hydrogen-bond acceptors (Lipinski definition) is 5. The van der Waals surface area contributed by atoms with Crippen LogP contribution >= 0.6 is 0 Å². The summed E-state index contributed by atoms with van der Waals surface area (Å²) in [5.74, 6) is -0.382. The van der Waals surface area contributed by atoms with Crippen LogP contribution in [0.2, 0.25) is 0 Å². The number of hydrogen-bond donors (Lipinski definition) is 1. The zero-order valence-electron chi connectivity index (χ0n) is 11.5. The van der Waals surface area contributed by atoms with Crippen molar-refractivity contribution < 1.29 is 14.5 Å². The molecule has 0 amide bonds. The molecule has 0 aliphatic rings. The van der Waals surface area contributed by atoms with Crippen LogP contribution in [0.5, 0.6) is 0 Å². The van der Waals surface area contributed by atoms with Crippen molar-refractivity contribution >= 4 is 17.3 Å². The van der Waals surface area contributed by atoms with E-state index in [-0.39, 0.29) is 17.6 Å². The summed E-state index contributed by atoms with van der Waals surface area (Å²) in [7, 11) is 1.32. The third-order valence-electron chi connectivity index (χ3n) is 2.86. The number of ether oxygens (including phenoxy) is 1. The van der Waals surface area contributed by atoms with Gasteiger partial charge in [0.2, 0.25) is 0 Å². The van der Waals surface area contributed by atoms with Crippen LogP contribution in [0.15, 0.2) is 18.2 Å². The minimum atomic E-state index is -0.536. The largest absolute Gasteiger partial charge is 0.467 e. The number of nitro benzene ring substituents is 1. The van der Waals surface area contributed by atoms with Crippen molar-refractivity contribution in [2.75, 3.05) is 12.4 Å². The number of anilines is 1. The van der Waals surface area contributed by atoms with E-state index in [2.05, 4.69) is 5.32 Å². The molecule has 1 atom stereocenters. The van der Waals surface area contributed by atoms with Gasteiger partial charge in [0, 0.05) is 17.8 Å². The topological polar surface area (TPSA) is 81.5 Å². The van der Waals surface area contributed by atoms with E-state index < -0.39 is 11.0 Å². The molecule has 19 heavy (non-hydrogen) atoms. The number of aryl methyl sites for hydroxylation is 1. The average molecular weight is 266 g/mol. The summed E-state index contributed by atoms with van der Waals surface area (Å²) < 4.78 is 4.73. The Morgan fingerprint density at radius 1 is 1.42 bits per heavy atom. The van der Waals surface area contributed by atoms with Gasteiger partial charge in [-0.05, 0) is 18.4 Å². The fourth-order valence-electron chi connectivity index (χ4n) is 1.67. The molecular weight excluding hydrogens is 248 g/mol. The van der Waals surface area contributed by atoms with Crippen LogP contribution in [0, 0.1) is 23.0 Å². The van der Waals surface area contributed by atoms with Gasteiger partial charge in [-0.3, -0.25) is 10.1 Å². The molecule has 1 unspecified atom stereocenters. The van der Waals surface area contributed by atoms with Crippen LogP contribution in [0.1, 0.15) is 19.4 Å². The zero-order valence-corrected chi connectivity index (χ0v) is 11.5. The number of carbonyl (C=O) groups excluding carboxylic acids is 1. The third kappa shape index (κ3) is 3.67. The summed E-state index contributed by atoms with van der Waals surface area (Å²) in [6.45, 7) is 5.57. The molecule has 0 saturated heterocycles. The second-order valence-corrected chi connectivity index (χ2v) is 4.65. The Hall–Kier alpha value is -2.11. The molecule has 0 saturated carbocycles. The van der Waals surface area contributed by atoms with Crippen molar-refractivity contribution in [1.82, 2.24) is 0 Å². The monoisotopic (exact) mass is 266 g/mol. The van der Waals surface area contributed by atoms with Gasteiger partial charge in [-0.2, -0.15) is 0 Å². The Bertz CT molecular complexity index is 486. The summed E-state index contributed by atoms with van der Waals surface area (Å²) in [4.78, 5) is 22.0. The lowest BCUT2D eigenvalue weighted by molar-refractivity contribution is -0.384. The van der Waals surface area contributed by atoms with Crippen molar-refractivity contribution in [3.05, 3.63) is 33.9 Å². The number of benzene rings is 1. The normalized spacial score (nSPS) is 12.1. The molecule has 6 nitrogen and oxygen atoms in total. The number of nitrogens with one attached hydrogen (secondary N) is 1. The smallest absolute Gasteiger partial charge is 0.328 e. The van der Waals surface area contributed by atoms with Crippen LogP contribution in [-0.4, -0.2) is 24.0 Å². The lowest BCUT2D eigenvalue weighted by atomic mass is 10.0. The molecular formula is C13H18N2O4. The van der Waals surface area contributed by atoms with Crippen molar-refractivity contribution in [2.45, 2.75) is 26.8 Å². The zero-order chi connectivity index (χ0) is 14.6. The SMILES string of the molecule is COC(=O)C(Nc1cc([N+](=O)[O-])ccc1C)C(C)C. The predicted octanol–water partition coefficient (Wildman–Crippen LogP) is 2.51. The second kappa shape index (κ2) is 6.17. The molecule has 0 fully saturated rings. The van der Waals surface area contributed by atoms with E-state index >= 15 is 0 Å². The van der Waals surface area contributed by atoms with Gasteiger partial charge in [-0.15, -0.1) is 0 Å². The van der Waals surface area contributed by atoms with Gasteiger partial charge < -0.3 is 10.1 Å². The second-order valence-electron chi connectivity index (χ2n) is 4.65. The number of methoxy groups -OCH3 is 1. The Morgan fingerprint density at radius 2 is 2.05 bits per heavy atom. The third-order valence-corrected chi connectivity index (χ3v) is 2.86. The Balaban J connectivity index is 3.05. The number of nitrogens with zero attached hydrogens (tertiary/aromatic N) is 1. The maximum atomic E-state index is 11.7. The average Bonchev–Trinajstić information content (AvgIpc) is 2.36. The summed E-state index contributed by atoms with van der Waals surface area (Å²) in [6, 6.07) is 3.97. The number of nitro groups is 1. The standard InChI is InChI=1S/C13H18N2O4/c1-8(2)12(13(16)19-4)14-11-7-10(15(17)18)6-5-9(11)3/h5-8,12,14H,1-4H3. The highest BCUT2D eigenvalue weighted by Gasteiger charge is 2.23. The lowest BCUT2D eigenvalue weighted by Crippen LogP contribution is -2.35. The highest BCUT2D eigenvalue weighted by atomic mass is 16.6. The van der Waals surface area contributed by atoms with E-state index in [4.69, 9.17) is 4.74 Å². The highest BCUT2D eigenvalue weighted by molar-refractivity contribution is 5.80. The minimum Gasteiger partial charge on any atom is -0.467 e. The lowest BCUT2D eigenvalue weighted by Gasteiger charge is -2.21. The molecule has 0 spiro atoms. The van der Waals surface area contributed by atoms with Crippen molar-refractivity contribution in [2.24, 2.45) is 5.92 Å². The fraction of sp³-hybridized carbons (Fsp3) is 0.462. The predicted molar refractivity (Wildman–Crippen MR) is 72.1 cm³/mol. The molecule has 0 aromatic heterocycles. The molecule has 0 aliphatic heterocycles. The first-order valence-electron chi connectivity index (χ1n) is 5.96. The van der Waals surface area contributed by atoms with E-state index in [1.807, 2.05) is 20.8 Å². The van der Waals surface area contributed by atoms with Crippen molar-refractivity contribution in [1.29, 1.82) is 0 Å². The van der Waals surface area contributed by atoms with Crippen LogP contribution in [0.3, 0.4) is 0 Å². The van der Waals surface area contributed by atoms with Crippen LogP contribution in [0.25, 0.3) is 0 Å². The number of non-ortho nitro benzene ring substituents is 1. The molecule has 0 bridgehead atoms. The Kier molecular flexibility index (Phi) is 4.86. The van der Waals surface area contributed by atoms with Gasteiger partial charge in [-0.25, -0.2) is 4.79 Å².